The predicted octanol–water partition coefficient (Wildman–Crippen LogP) is 2.76. The smallest absolute Gasteiger partial charge is 0.171 e. The van der Waals surface area contributed by atoms with Gasteiger partial charge in [0, 0.05) is 12.1 Å². The summed E-state index contributed by atoms with van der Waals surface area (Å²) in [6.07, 6.45) is 1.45. The summed E-state index contributed by atoms with van der Waals surface area (Å²) in [6.45, 7) is 0. The van der Waals surface area contributed by atoms with Crippen LogP contribution in [-0.2, 0) is 0 Å². The molecule has 1 aromatic carbocycles. The molecule has 0 unspecified atom stereocenters. The highest BCUT2D eigenvalue weighted by molar-refractivity contribution is 6.32. The lowest BCUT2D eigenvalue weighted by atomic mass is 10.2. The number of nitriles is 1. The Bertz CT molecular complexity index is 670. The Kier molecular flexibility index (Phi) is 4.23. The monoisotopic (exact) mass is 290 g/mol. The van der Waals surface area contributed by atoms with Crippen LogP contribution in [0.1, 0.15) is 5.56 Å². The van der Waals surface area contributed by atoms with Crippen molar-refractivity contribution in [3.05, 3.63) is 35.0 Å². The third-order valence-electron chi connectivity index (χ3n) is 2.57. The van der Waals surface area contributed by atoms with Gasteiger partial charge in [-0.15, -0.1) is 5.10 Å². The van der Waals surface area contributed by atoms with Gasteiger partial charge in [-0.25, -0.2) is 0 Å². The van der Waals surface area contributed by atoms with E-state index < -0.39 is 0 Å². The molecule has 6 nitrogen and oxygen atoms in total. The number of methoxy groups -OCH3 is 2. The Morgan fingerprint density at radius 2 is 2.00 bits per heavy atom. The minimum Gasteiger partial charge on any atom is -0.495 e. The summed E-state index contributed by atoms with van der Waals surface area (Å²) in [7, 11) is 3.03. The Morgan fingerprint density at radius 3 is 2.65 bits per heavy atom. The van der Waals surface area contributed by atoms with E-state index in [2.05, 4.69) is 15.5 Å². The van der Waals surface area contributed by atoms with Crippen molar-refractivity contribution in [1.82, 2.24) is 10.2 Å². The fraction of sp³-hybridized carbons (Fsp3) is 0.154. The van der Waals surface area contributed by atoms with Crippen molar-refractivity contribution in [2.75, 3.05) is 19.5 Å². The first kappa shape index (κ1) is 13.9. The Morgan fingerprint density at radius 1 is 1.25 bits per heavy atom. The zero-order valence-corrected chi connectivity index (χ0v) is 11.6. The lowest BCUT2D eigenvalue weighted by molar-refractivity contribution is 0.405. The van der Waals surface area contributed by atoms with Gasteiger partial charge in [0.1, 0.15) is 17.6 Å². The maximum absolute atomic E-state index is 9.03. The molecule has 7 heteroatoms. The molecule has 0 fully saturated rings. The van der Waals surface area contributed by atoms with E-state index in [4.69, 9.17) is 26.3 Å². The van der Waals surface area contributed by atoms with Gasteiger partial charge >= 0.3 is 0 Å². The van der Waals surface area contributed by atoms with Gasteiger partial charge in [0.15, 0.2) is 5.82 Å². The van der Waals surface area contributed by atoms with Crippen LogP contribution < -0.4 is 14.8 Å². The summed E-state index contributed by atoms with van der Waals surface area (Å²) in [5.74, 6) is 1.32. The normalized spacial score (nSPS) is 9.70. The summed E-state index contributed by atoms with van der Waals surface area (Å²) >= 11 is 6.03. The second-order valence-corrected chi connectivity index (χ2v) is 4.12. The summed E-state index contributed by atoms with van der Waals surface area (Å²) < 4.78 is 10.4. The third kappa shape index (κ3) is 2.73. The van der Waals surface area contributed by atoms with E-state index >= 15 is 0 Å². The van der Waals surface area contributed by atoms with Crippen molar-refractivity contribution in [2.45, 2.75) is 0 Å². The topological polar surface area (TPSA) is 80.1 Å². The molecule has 2 aromatic rings. The van der Waals surface area contributed by atoms with Gasteiger partial charge in [-0.05, 0) is 6.07 Å². The van der Waals surface area contributed by atoms with Gasteiger partial charge in [-0.1, -0.05) is 11.6 Å². The van der Waals surface area contributed by atoms with Crippen molar-refractivity contribution in [3.8, 4) is 17.6 Å². The number of benzene rings is 1. The number of anilines is 2. The molecule has 0 aliphatic rings. The van der Waals surface area contributed by atoms with Crippen LogP contribution >= 0.6 is 11.6 Å². The zero-order valence-electron chi connectivity index (χ0n) is 10.8. The molecule has 0 spiro atoms. The number of nitrogens with one attached hydrogen (secondary N) is 1. The maximum Gasteiger partial charge on any atom is 0.171 e. The fourth-order valence-electron chi connectivity index (χ4n) is 1.60. The van der Waals surface area contributed by atoms with E-state index in [0.717, 1.165) is 0 Å². The van der Waals surface area contributed by atoms with Crippen molar-refractivity contribution in [1.29, 1.82) is 5.26 Å². The third-order valence-corrected chi connectivity index (χ3v) is 2.86. The Labute approximate surface area is 120 Å². The molecule has 0 aliphatic carbocycles. The average Bonchev–Trinajstić information content (AvgIpc) is 2.49. The number of halogens is 1. The molecule has 0 bridgehead atoms. The minimum atomic E-state index is 0.331. The number of aromatic nitrogens is 2. The Hall–Kier alpha value is -2.52. The fourth-order valence-corrected chi connectivity index (χ4v) is 1.83. The molecule has 0 saturated heterocycles. The molecule has 102 valence electrons. The van der Waals surface area contributed by atoms with Crippen LogP contribution in [-0.4, -0.2) is 24.4 Å². The van der Waals surface area contributed by atoms with Gasteiger partial charge in [-0.2, -0.15) is 10.4 Å². The SMILES string of the molecule is COc1cc(Nc2nnccc2C#N)c(OC)cc1Cl. The van der Waals surface area contributed by atoms with Crippen LogP contribution in [0.5, 0.6) is 11.5 Å². The van der Waals surface area contributed by atoms with Crippen molar-refractivity contribution >= 4 is 23.1 Å². The van der Waals surface area contributed by atoms with Gasteiger partial charge in [0.2, 0.25) is 0 Å². The molecule has 0 atom stereocenters. The van der Waals surface area contributed by atoms with E-state index in [0.29, 0.717) is 33.6 Å². The molecule has 20 heavy (non-hydrogen) atoms. The van der Waals surface area contributed by atoms with E-state index in [1.807, 2.05) is 6.07 Å². The predicted molar refractivity (Wildman–Crippen MR) is 74.6 cm³/mol. The van der Waals surface area contributed by atoms with E-state index in [1.165, 1.54) is 20.4 Å². The number of hydrogen-bond acceptors (Lipinski definition) is 6. The Balaban J connectivity index is 2.45. The molecule has 0 amide bonds. The molecule has 2 rings (SSSR count). The second kappa shape index (κ2) is 6.08. The lowest BCUT2D eigenvalue weighted by Crippen LogP contribution is -2.01. The van der Waals surface area contributed by atoms with Crippen LogP contribution in [0.15, 0.2) is 24.4 Å². The first-order valence-electron chi connectivity index (χ1n) is 5.60. The van der Waals surface area contributed by atoms with Gasteiger partial charge < -0.3 is 14.8 Å². The van der Waals surface area contributed by atoms with E-state index in [9.17, 15) is 0 Å². The van der Waals surface area contributed by atoms with Crippen LogP contribution in [0.25, 0.3) is 0 Å². The highest BCUT2D eigenvalue weighted by atomic mass is 35.5. The molecular formula is C13H11ClN4O2. The average molecular weight is 291 g/mol. The van der Waals surface area contributed by atoms with Crippen LogP contribution in [0.2, 0.25) is 5.02 Å². The molecule has 0 aliphatic heterocycles. The van der Waals surface area contributed by atoms with Crippen molar-refractivity contribution in [3.63, 3.8) is 0 Å². The summed E-state index contributed by atoms with van der Waals surface area (Å²) in [6, 6.07) is 6.87. The van der Waals surface area contributed by atoms with E-state index in [-0.39, 0.29) is 0 Å². The molecule has 1 heterocycles. The number of nitrogens with zero attached hydrogens (tertiary/aromatic N) is 3. The highest BCUT2D eigenvalue weighted by Gasteiger charge is 2.12. The van der Waals surface area contributed by atoms with E-state index in [1.54, 1.807) is 18.2 Å². The highest BCUT2D eigenvalue weighted by Crippen LogP contribution is 2.37. The standard InChI is InChI=1S/C13H11ClN4O2/c1-19-11-6-10(12(20-2)5-9(11)14)17-13-8(7-15)3-4-16-18-13/h3-6H,1-2H3,(H,17,18). The zero-order chi connectivity index (χ0) is 14.5. The maximum atomic E-state index is 9.03. The van der Waals surface area contributed by atoms with Gasteiger partial charge in [0.25, 0.3) is 0 Å². The van der Waals surface area contributed by atoms with Crippen LogP contribution in [0.3, 0.4) is 0 Å². The van der Waals surface area contributed by atoms with Gasteiger partial charge in [-0.3, -0.25) is 0 Å². The number of rotatable bonds is 4. The molecule has 0 radical (unpaired) electrons. The number of hydrogen-bond donors (Lipinski definition) is 1. The van der Waals surface area contributed by atoms with Crippen molar-refractivity contribution < 1.29 is 9.47 Å². The first-order chi connectivity index (χ1) is 9.69. The van der Waals surface area contributed by atoms with Gasteiger partial charge in [0.05, 0.1) is 36.7 Å². The summed E-state index contributed by atoms with van der Waals surface area (Å²) in [4.78, 5) is 0. The lowest BCUT2D eigenvalue weighted by Gasteiger charge is -2.13. The molecule has 0 saturated carbocycles. The molecule has 1 N–H and O–H groups in total. The largest absolute Gasteiger partial charge is 0.495 e. The molecule has 1 aromatic heterocycles. The second-order valence-electron chi connectivity index (χ2n) is 3.72. The number of ether oxygens (including phenoxy) is 2. The first-order valence-corrected chi connectivity index (χ1v) is 5.97. The summed E-state index contributed by atoms with van der Waals surface area (Å²) in [5, 5.41) is 20.1. The quantitative estimate of drug-likeness (QED) is 0.932. The van der Waals surface area contributed by atoms with Crippen LogP contribution in [0, 0.1) is 11.3 Å². The molecular weight excluding hydrogens is 280 g/mol. The van der Waals surface area contributed by atoms with Crippen LogP contribution in [0.4, 0.5) is 11.5 Å². The van der Waals surface area contributed by atoms with Crippen molar-refractivity contribution in [2.24, 2.45) is 0 Å². The summed E-state index contributed by atoms with van der Waals surface area (Å²) in [5.41, 5.74) is 0.946. The minimum absolute atomic E-state index is 0.331.